The van der Waals surface area contributed by atoms with Crippen LogP contribution >= 0.6 is 0 Å². The first kappa shape index (κ1) is 14.5. The predicted molar refractivity (Wildman–Crippen MR) is 68.8 cm³/mol. The third kappa shape index (κ3) is 5.50. The highest BCUT2D eigenvalue weighted by Crippen LogP contribution is 2.09. The highest BCUT2D eigenvalue weighted by Gasteiger charge is 2.20. The van der Waals surface area contributed by atoms with Crippen molar-refractivity contribution in [3.05, 3.63) is 0 Å². The lowest BCUT2D eigenvalue weighted by Crippen LogP contribution is -2.42. The molecule has 0 aliphatic carbocycles. The molecule has 0 saturated carbocycles. The van der Waals surface area contributed by atoms with Gasteiger partial charge >= 0.3 is 0 Å². The van der Waals surface area contributed by atoms with E-state index in [2.05, 4.69) is 12.2 Å². The summed E-state index contributed by atoms with van der Waals surface area (Å²) in [7, 11) is 0. The van der Waals surface area contributed by atoms with Crippen molar-refractivity contribution in [3.8, 4) is 0 Å². The highest BCUT2D eigenvalue weighted by atomic mass is 16.3. The molecule has 1 rings (SSSR count). The summed E-state index contributed by atoms with van der Waals surface area (Å²) in [4.78, 5) is 13.8. The number of aliphatic hydroxyl groups is 1. The smallest absolute Gasteiger partial charge is 0.222 e. The van der Waals surface area contributed by atoms with Crippen molar-refractivity contribution >= 4 is 5.91 Å². The van der Waals surface area contributed by atoms with Gasteiger partial charge in [0.2, 0.25) is 5.91 Å². The van der Waals surface area contributed by atoms with Crippen LogP contribution in [-0.4, -0.2) is 48.2 Å². The van der Waals surface area contributed by atoms with E-state index < -0.39 is 0 Å². The van der Waals surface area contributed by atoms with Gasteiger partial charge in [-0.05, 0) is 25.8 Å². The molecule has 1 aliphatic rings. The van der Waals surface area contributed by atoms with Crippen molar-refractivity contribution in [2.45, 2.75) is 51.5 Å². The summed E-state index contributed by atoms with van der Waals surface area (Å²) in [5.41, 5.74) is 0. The first-order valence-corrected chi connectivity index (χ1v) is 6.90. The van der Waals surface area contributed by atoms with Gasteiger partial charge in [0.1, 0.15) is 0 Å². The molecule has 0 spiro atoms. The van der Waals surface area contributed by atoms with Crippen LogP contribution in [0.3, 0.4) is 0 Å². The van der Waals surface area contributed by atoms with Gasteiger partial charge in [0.25, 0.3) is 0 Å². The van der Waals surface area contributed by atoms with E-state index >= 15 is 0 Å². The van der Waals surface area contributed by atoms with Crippen LogP contribution in [0.4, 0.5) is 0 Å². The number of nitrogens with zero attached hydrogens (tertiary/aromatic N) is 1. The summed E-state index contributed by atoms with van der Waals surface area (Å²) >= 11 is 0. The number of carbonyl (C=O) groups excluding carboxylic acids is 1. The molecule has 1 atom stereocenters. The second-order valence-electron chi connectivity index (χ2n) is 4.81. The molecule has 0 radical (unpaired) electrons. The van der Waals surface area contributed by atoms with Crippen LogP contribution < -0.4 is 5.32 Å². The molecule has 1 amide bonds. The molecular weight excluding hydrogens is 216 g/mol. The molecule has 0 aromatic heterocycles. The Bertz CT molecular complexity index is 215. The van der Waals surface area contributed by atoms with Gasteiger partial charge in [0, 0.05) is 25.6 Å². The molecular formula is C13H26N2O2. The van der Waals surface area contributed by atoms with Crippen LogP contribution in [0.25, 0.3) is 0 Å². The van der Waals surface area contributed by atoms with Gasteiger partial charge in [-0.15, -0.1) is 0 Å². The van der Waals surface area contributed by atoms with E-state index in [4.69, 9.17) is 5.11 Å². The molecule has 0 aromatic rings. The fourth-order valence-corrected chi connectivity index (χ4v) is 2.30. The second-order valence-corrected chi connectivity index (χ2v) is 4.81. The number of nitrogens with one attached hydrogen (secondary N) is 1. The van der Waals surface area contributed by atoms with Gasteiger partial charge in [-0.25, -0.2) is 0 Å². The van der Waals surface area contributed by atoms with Crippen LogP contribution in [0.15, 0.2) is 0 Å². The number of hydrogen-bond donors (Lipinski definition) is 2. The van der Waals surface area contributed by atoms with E-state index in [1.165, 1.54) is 6.42 Å². The van der Waals surface area contributed by atoms with Crippen molar-refractivity contribution in [1.29, 1.82) is 0 Å². The van der Waals surface area contributed by atoms with Crippen molar-refractivity contribution < 1.29 is 9.90 Å². The molecule has 0 bridgehead atoms. The van der Waals surface area contributed by atoms with Crippen LogP contribution in [0, 0.1) is 0 Å². The third-order valence-electron chi connectivity index (χ3n) is 3.32. The Balaban J connectivity index is 2.31. The minimum absolute atomic E-state index is 0.0617. The molecule has 17 heavy (non-hydrogen) atoms. The Morgan fingerprint density at radius 2 is 2.29 bits per heavy atom. The maximum Gasteiger partial charge on any atom is 0.222 e. The van der Waals surface area contributed by atoms with Crippen LogP contribution in [-0.2, 0) is 4.79 Å². The molecule has 1 heterocycles. The minimum Gasteiger partial charge on any atom is -0.395 e. The minimum atomic E-state index is 0.0617. The van der Waals surface area contributed by atoms with Crippen LogP contribution in [0.1, 0.15) is 45.4 Å². The van der Waals surface area contributed by atoms with Crippen molar-refractivity contribution in [3.63, 3.8) is 0 Å². The zero-order valence-corrected chi connectivity index (χ0v) is 11.0. The monoisotopic (exact) mass is 242 g/mol. The maximum absolute atomic E-state index is 12.0. The maximum atomic E-state index is 12.0. The zero-order valence-electron chi connectivity index (χ0n) is 11.0. The molecule has 1 aliphatic heterocycles. The van der Waals surface area contributed by atoms with Crippen LogP contribution in [0.2, 0.25) is 0 Å². The first-order valence-electron chi connectivity index (χ1n) is 6.90. The lowest BCUT2D eigenvalue weighted by Gasteiger charge is -2.25. The Hall–Kier alpha value is -0.610. The van der Waals surface area contributed by atoms with Crippen molar-refractivity contribution in [2.24, 2.45) is 0 Å². The fraction of sp³-hybridized carbons (Fsp3) is 0.923. The second kappa shape index (κ2) is 8.48. The average molecular weight is 242 g/mol. The van der Waals surface area contributed by atoms with E-state index in [0.29, 0.717) is 19.0 Å². The standard InChI is InChI=1S/C13H26N2O2/c1-2-3-4-7-13(17)15(9-10-16)11-12-6-5-8-14-12/h12,14,16H,2-11H2,1H3. The van der Waals surface area contributed by atoms with E-state index in [1.807, 2.05) is 4.90 Å². The Morgan fingerprint density at radius 1 is 1.47 bits per heavy atom. The number of carbonyl (C=O) groups is 1. The summed E-state index contributed by atoms with van der Waals surface area (Å²) in [6.07, 6.45) is 6.18. The third-order valence-corrected chi connectivity index (χ3v) is 3.32. The van der Waals surface area contributed by atoms with Gasteiger partial charge in [-0.3, -0.25) is 4.79 Å². The van der Waals surface area contributed by atoms with E-state index in [-0.39, 0.29) is 12.5 Å². The van der Waals surface area contributed by atoms with Crippen molar-refractivity contribution in [2.75, 3.05) is 26.2 Å². The number of rotatable bonds is 8. The molecule has 1 unspecified atom stereocenters. The molecule has 100 valence electrons. The average Bonchev–Trinajstić information content (AvgIpc) is 2.81. The highest BCUT2D eigenvalue weighted by molar-refractivity contribution is 5.76. The van der Waals surface area contributed by atoms with E-state index in [9.17, 15) is 4.79 Å². The summed E-state index contributed by atoms with van der Waals surface area (Å²) in [6, 6.07) is 0.427. The topological polar surface area (TPSA) is 52.6 Å². The van der Waals surface area contributed by atoms with Gasteiger partial charge in [0.05, 0.1) is 6.61 Å². The number of amides is 1. The van der Waals surface area contributed by atoms with Gasteiger partial charge in [-0.1, -0.05) is 19.8 Å². The van der Waals surface area contributed by atoms with Gasteiger partial charge in [-0.2, -0.15) is 0 Å². The van der Waals surface area contributed by atoms with Crippen molar-refractivity contribution in [1.82, 2.24) is 10.2 Å². The number of hydrogen-bond acceptors (Lipinski definition) is 3. The molecule has 4 heteroatoms. The SMILES string of the molecule is CCCCCC(=O)N(CCO)CC1CCCN1. The number of aliphatic hydroxyl groups excluding tert-OH is 1. The van der Waals surface area contributed by atoms with Gasteiger partial charge in [0.15, 0.2) is 0 Å². The number of unbranched alkanes of at least 4 members (excludes halogenated alkanes) is 2. The largest absolute Gasteiger partial charge is 0.395 e. The lowest BCUT2D eigenvalue weighted by molar-refractivity contribution is -0.132. The first-order chi connectivity index (χ1) is 8.27. The molecule has 1 saturated heterocycles. The summed E-state index contributed by atoms with van der Waals surface area (Å²) in [6.45, 7) is 4.49. The molecule has 2 N–H and O–H groups in total. The van der Waals surface area contributed by atoms with E-state index in [0.717, 1.165) is 38.8 Å². The Kier molecular flexibility index (Phi) is 7.21. The van der Waals surface area contributed by atoms with Gasteiger partial charge < -0.3 is 15.3 Å². The Morgan fingerprint density at radius 3 is 2.88 bits per heavy atom. The quantitative estimate of drug-likeness (QED) is 0.628. The van der Waals surface area contributed by atoms with E-state index in [1.54, 1.807) is 0 Å². The lowest BCUT2D eigenvalue weighted by atomic mass is 10.1. The summed E-state index contributed by atoms with van der Waals surface area (Å²) in [5.74, 6) is 0.196. The van der Waals surface area contributed by atoms with Crippen LogP contribution in [0.5, 0.6) is 0 Å². The Labute approximate surface area is 104 Å². The normalized spacial score (nSPS) is 19.5. The zero-order chi connectivity index (χ0) is 12.5. The fourth-order valence-electron chi connectivity index (χ4n) is 2.30. The molecule has 1 fully saturated rings. The molecule has 4 nitrogen and oxygen atoms in total. The predicted octanol–water partition coefficient (Wildman–Crippen LogP) is 1.14. The summed E-state index contributed by atoms with van der Waals surface area (Å²) in [5, 5.41) is 12.4. The summed E-state index contributed by atoms with van der Waals surface area (Å²) < 4.78 is 0. The molecule has 0 aromatic carbocycles.